The average Bonchev–Trinajstić information content (AvgIpc) is 2.60. The second kappa shape index (κ2) is 4.77. The fraction of sp³-hybridized carbons (Fsp3) is 0.727. The molecule has 84 valence electrons. The van der Waals surface area contributed by atoms with Gasteiger partial charge in [-0.2, -0.15) is 0 Å². The predicted molar refractivity (Wildman–Crippen MR) is 58.7 cm³/mol. The Morgan fingerprint density at radius 1 is 1.40 bits per heavy atom. The van der Waals surface area contributed by atoms with E-state index >= 15 is 0 Å². The first kappa shape index (κ1) is 10.6. The van der Waals surface area contributed by atoms with Gasteiger partial charge in [0.2, 0.25) is 0 Å². The highest BCUT2D eigenvalue weighted by molar-refractivity contribution is 5.03. The first-order valence-electron chi connectivity index (χ1n) is 5.62. The molecule has 2 heterocycles. The zero-order chi connectivity index (χ0) is 10.7. The lowest BCUT2D eigenvalue weighted by Gasteiger charge is -2.25. The zero-order valence-electron chi connectivity index (χ0n) is 9.57. The maximum Gasteiger partial charge on any atom is 0.105 e. The molecule has 0 saturated carbocycles. The van der Waals surface area contributed by atoms with E-state index in [2.05, 4.69) is 34.5 Å². The lowest BCUT2D eigenvalue weighted by molar-refractivity contribution is 0.0337. The summed E-state index contributed by atoms with van der Waals surface area (Å²) in [7, 11) is 0. The average molecular weight is 209 g/mol. The lowest BCUT2D eigenvalue weighted by Crippen LogP contribution is -2.35. The van der Waals surface area contributed by atoms with Crippen LogP contribution in [-0.4, -0.2) is 40.8 Å². The van der Waals surface area contributed by atoms with Crippen molar-refractivity contribution < 1.29 is 4.74 Å². The second-order valence-corrected chi connectivity index (χ2v) is 3.95. The number of hydrogen-bond acceptors (Lipinski definition) is 3. The molecule has 1 aliphatic rings. The van der Waals surface area contributed by atoms with Gasteiger partial charge in [0.25, 0.3) is 0 Å². The Kier molecular flexibility index (Phi) is 3.38. The maximum atomic E-state index is 5.32. The largest absolute Gasteiger partial charge is 0.379 e. The van der Waals surface area contributed by atoms with E-state index in [1.807, 2.05) is 0 Å². The molecule has 4 nitrogen and oxygen atoms in total. The van der Waals surface area contributed by atoms with Crippen LogP contribution >= 0.6 is 0 Å². The topological polar surface area (TPSA) is 30.3 Å². The van der Waals surface area contributed by atoms with Crippen LogP contribution in [-0.2, 0) is 17.8 Å². The highest BCUT2D eigenvalue weighted by Gasteiger charge is 2.12. The summed E-state index contributed by atoms with van der Waals surface area (Å²) in [4.78, 5) is 6.95. The lowest BCUT2D eigenvalue weighted by atomic mass is 10.3. The highest BCUT2D eigenvalue weighted by Crippen LogP contribution is 2.07. The van der Waals surface area contributed by atoms with E-state index in [1.54, 1.807) is 0 Å². The number of nitrogens with zero attached hydrogens (tertiary/aromatic N) is 3. The third-order valence-corrected chi connectivity index (χ3v) is 2.86. The molecule has 0 bridgehead atoms. The summed E-state index contributed by atoms with van der Waals surface area (Å²) in [5.74, 6) is 1.11. The molecule has 1 saturated heterocycles. The standard InChI is InChI=1S/C11H19N3O/c1-3-14-9-11(12-10(14)2)8-13-4-6-15-7-5-13/h9H,3-8H2,1-2H3. The molecule has 0 aromatic carbocycles. The molecule has 0 spiro atoms. The number of ether oxygens (including phenoxy) is 1. The van der Waals surface area contributed by atoms with Crippen molar-refractivity contribution in [2.24, 2.45) is 0 Å². The summed E-state index contributed by atoms with van der Waals surface area (Å²) in [5, 5.41) is 0. The summed E-state index contributed by atoms with van der Waals surface area (Å²) >= 11 is 0. The van der Waals surface area contributed by atoms with Crippen molar-refractivity contribution in [3.63, 3.8) is 0 Å². The molecular formula is C11H19N3O. The number of imidazole rings is 1. The molecule has 0 atom stereocenters. The van der Waals surface area contributed by atoms with E-state index in [4.69, 9.17) is 4.74 Å². The third kappa shape index (κ3) is 2.58. The maximum absolute atomic E-state index is 5.32. The van der Waals surface area contributed by atoms with Crippen LogP contribution in [0.15, 0.2) is 6.20 Å². The molecule has 0 radical (unpaired) electrons. The fourth-order valence-electron chi connectivity index (χ4n) is 1.96. The van der Waals surface area contributed by atoms with Crippen LogP contribution < -0.4 is 0 Å². The van der Waals surface area contributed by atoms with Crippen LogP contribution in [0.25, 0.3) is 0 Å². The van der Waals surface area contributed by atoms with Crippen molar-refractivity contribution in [2.45, 2.75) is 26.9 Å². The molecular weight excluding hydrogens is 190 g/mol. The monoisotopic (exact) mass is 209 g/mol. The van der Waals surface area contributed by atoms with Crippen molar-refractivity contribution in [2.75, 3.05) is 26.3 Å². The summed E-state index contributed by atoms with van der Waals surface area (Å²) in [6.45, 7) is 9.93. The molecule has 1 fully saturated rings. The quantitative estimate of drug-likeness (QED) is 0.745. The van der Waals surface area contributed by atoms with Gasteiger partial charge in [-0.15, -0.1) is 0 Å². The normalized spacial score (nSPS) is 18.3. The van der Waals surface area contributed by atoms with Gasteiger partial charge in [-0.25, -0.2) is 4.98 Å². The Morgan fingerprint density at radius 2 is 2.13 bits per heavy atom. The summed E-state index contributed by atoms with van der Waals surface area (Å²) < 4.78 is 7.51. The number of hydrogen-bond donors (Lipinski definition) is 0. The third-order valence-electron chi connectivity index (χ3n) is 2.86. The SMILES string of the molecule is CCn1cc(CN2CCOCC2)nc1C. The van der Waals surface area contributed by atoms with Gasteiger partial charge in [0, 0.05) is 32.4 Å². The molecule has 1 aromatic heterocycles. The first-order chi connectivity index (χ1) is 7.29. The minimum Gasteiger partial charge on any atom is -0.379 e. The summed E-state index contributed by atoms with van der Waals surface area (Å²) in [5.41, 5.74) is 1.18. The van der Waals surface area contributed by atoms with Gasteiger partial charge in [0.05, 0.1) is 18.9 Å². The Labute approximate surface area is 90.9 Å². The van der Waals surface area contributed by atoms with E-state index < -0.39 is 0 Å². The van der Waals surface area contributed by atoms with Crippen molar-refractivity contribution >= 4 is 0 Å². The molecule has 4 heteroatoms. The minimum absolute atomic E-state index is 0.855. The number of rotatable bonds is 3. The van der Waals surface area contributed by atoms with Gasteiger partial charge >= 0.3 is 0 Å². The van der Waals surface area contributed by atoms with Crippen molar-refractivity contribution in [1.82, 2.24) is 14.5 Å². The fourth-order valence-corrected chi connectivity index (χ4v) is 1.96. The number of morpholine rings is 1. The Hall–Kier alpha value is -0.870. The molecule has 2 rings (SSSR count). The predicted octanol–water partition coefficient (Wildman–Crippen LogP) is 1.04. The van der Waals surface area contributed by atoms with E-state index in [0.29, 0.717) is 0 Å². The number of aryl methyl sites for hydroxylation is 2. The van der Waals surface area contributed by atoms with Crippen LogP contribution in [0.1, 0.15) is 18.4 Å². The molecule has 0 unspecified atom stereocenters. The van der Waals surface area contributed by atoms with Crippen LogP contribution in [0.4, 0.5) is 0 Å². The first-order valence-corrected chi connectivity index (χ1v) is 5.62. The number of aromatic nitrogens is 2. The molecule has 0 N–H and O–H groups in total. The second-order valence-electron chi connectivity index (χ2n) is 3.95. The molecule has 1 aliphatic heterocycles. The van der Waals surface area contributed by atoms with Crippen LogP contribution in [0.2, 0.25) is 0 Å². The van der Waals surface area contributed by atoms with Gasteiger partial charge in [0.15, 0.2) is 0 Å². The van der Waals surface area contributed by atoms with E-state index in [-0.39, 0.29) is 0 Å². The zero-order valence-corrected chi connectivity index (χ0v) is 9.57. The van der Waals surface area contributed by atoms with Crippen molar-refractivity contribution in [3.05, 3.63) is 17.7 Å². The molecule has 0 aliphatic carbocycles. The van der Waals surface area contributed by atoms with Crippen molar-refractivity contribution in [3.8, 4) is 0 Å². The van der Waals surface area contributed by atoms with Gasteiger partial charge in [0.1, 0.15) is 5.82 Å². The van der Waals surface area contributed by atoms with Crippen LogP contribution in [0.3, 0.4) is 0 Å². The molecule has 1 aromatic rings. The van der Waals surface area contributed by atoms with Gasteiger partial charge in [-0.05, 0) is 13.8 Å². The van der Waals surface area contributed by atoms with Crippen LogP contribution in [0.5, 0.6) is 0 Å². The van der Waals surface area contributed by atoms with Crippen molar-refractivity contribution in [1.29, 1.82) is 0 Å². The minimum atomic E-state index is 0.855. The van der Waals surface area contributed by atoms with Gasteiger partial charge in [-0.1, -0.05) is 0 Å². The van der Waals surface area contributed by atoms with E-state index in [9.17, 15) is 0 Å². The van der Waals surface area contributed by atoms with Gasteiger partial charge in [-0.3, -0.25) is 4.90 Å². The van der Waals surface area contributed by atoms with E-state index in [0.717, 1.165) is 45.2 Å². The Balaban J connectivity index is 1.97. The Morgan fingerprint density at radius 3 is 2.73 bits per heavy atom. The van der Waals surface area contributed by atoms with E-state index in [1.165, 1.54) is 5.69 Å². The smallest absolute Gasteiger partial charge is 0.105 e. The summed E-state index contributed by atoms with van der Waals surface area (Å²) in [6, 6.07) is 0. The van der Waals surface area contributed by atoms with Gasteiger partial charge < -0.3 is 9.30 Å². The highest BCUT2D eigenvalue weighted by atomic mass is 16.5. The Bertz CT molecular complexity index is 316. The molecule has 0 amide bonds. The van der Waals surface area contributed by atoms with Crippen LogP contribution in [0, 0.1) is 6.92 Å². The molecule has 15 heavy (non-hydrogen) atoms. The summed E-state index contributed by atoms with van der Waals surface area (Å²) in [6.07, 6.45) is 2.16.